The van der Waals surface area contributed by atoms with Crippen molar-refractivity contribution in [3.8, 4) is 0 Å². The van der Waals surface area contributed by atoms with Gasteiger partial charge in [0.05, 0.1) is 5.56 Å². The number of primary amides is 1. The zero-order chi connectivity index (χ0) is 17.1. The first-order chi connectivity index (χ1) is 11.0. The van der Waals surface area contributed by atoms with Gasteiger partial charge in [-0.05, 0) is 29.9 Å². The van der Waals surface area contributed by atoms with Gasteiger partial charge in [-0.3, -0.25) is 9.59 Å². The number of hydrogen-bond donors (Lipinski definition) is 2. The monoisotopic (exact) mass is 334 g/mol. The van der Waals surface area contributed by atoms with Crippen LogP contribution in [0, 0.1) is 0 Å². The SMILES string of the molecule is C=C(CCCCCC)Sc1ccccc1C(=O)NCCC(N)=O. The van der Waals surface area contributed by atoms with Crippen LogP contribution in [-0.4, -0.2) is 18.4 Å². The molecule has 0 fully saturated rings. The molecule has 0 atom stereocenters. The Morgan fingerprint density at radius 3 is 2.61 bits per heavy atom. The normalized spacial score (nSPS) is 10.3. The molecule has 4 nitrogen and oxygen atoms in total. The van der Waals surface area contributed by atoms with Crippen LogP contribution in [0.3, 0.4) is 0 Å². The van der Waals surface area contributed by atoms with Crippen LogP contribution in [0.25, 0.3) is 0 Å². The van der Waals surface area contributed by atoms with Crippen LogP contribution in [0.5, 0.6) is 0 Å². The molecule has 1 aromatic carbocycles. The van der Waals surface area contributed by atoms with Crippen LogP contribution in [0.4, 0.5) is 0 Å². The van der Waals surface area contributed by atoms with Crippen molar-refractivity contribution in [3.05, 3.63) is 41.3 Å². The third kappa shape index (κ3) is 7.88. The molecule has 5 heteroatoms. The minimum absolute atomic E-state index is 0.144. The molecule has 0 aliphatic carbocycles. The molecular weight excluding hydrogens is 308 g/mol. The van der Waals surface area contributed by atoms with Gasteiger partial charge in [0.25, 0.3) is 5.91 Å². The number of hydrogen-bond acceptors (Lipinski definition) is 3. The number of carbonyl (C=O) groups excluding carboxylic acids is 2. The van der Waals surface area contributed by atoms with Crippen LogP contribution in [0.1, 0.15) is 55.8 Å². The van der Waals surface area contributed by atoms with Gasteiger partial charge < -0.3 is 11.1 Å². The second-order valence-electron chi connectivity index (χ2n) is 5.42. The quantitative estimate of drug-likeness (QED) is 0.476. The molecule has 0 heterocycles. The van der Waals surface area contributed by atoms with Crippen LogP contribution in [0.15, 0.2) is 40.6 Å². The maximum atomic E-state index is 12.2. The molecule has 0 bridgehead atoms. The van der Waals surface area contributed by atoms with E-state index in [1.807, 2.05) is 18.2 Å². The Bertz CT molecular complexity index is 544. The Labute approximate surface area is 142 Å². The minimum atomic E-state index is -0.423. The van der Waals surface area contributed by atoms with E-state index in [1.54, 1.807) is 17.8 Å². The van der Waals surface area contributed by atoms with Crippen molar-refractivity contribution in [2.24, 2.45) is 5.73 Å². The van der Waals surface area contributed by atoms with E-state index >= 15 is 0 Å². The molecule has 126 valence electrons. The zero-order valence-corrected chi connectivity index (χ0v) is 14.6. The van der Waals surface area contributed by atoms with Gasteiger partial charge in [0.15, 0.2) is 0 Å². The number of allylic oxidation sites excluding steroid dienone is 1. The van der Waals surface area contributed by atoms with Crippen molar-refractivity contribution in [3.63, 3.8) is 0 Å². The molecule has 1 rings (SSSR count). The molecule has 0 spiro atoms. The molecule has 0 aromatic heterocycles. The first kappa shape index (κ1) is 19.3. The van der Waals surface area contributed by atoms with Gasteiger partial charge in [0.2, 0.25) is 5.91 Å². The third-order valence-corrected chi connectivity index (χ3v) is 4.42. The molecule has 0 unspecified atom stereocenters. The minimum Gasteiger partial charge on any atom is -0.370 e. The van der Waals surface area contributed by atoms with Crippen molar-refractivity contribution < 1.29 is 9.59 Å². The zero-order valence-electron chi connectivity index (χ0n) is 13.8. The second kappa shape index (κ2) is 10.9. The maximum absolute atomic E-state index is 12.2. The Morgan fingerprint density at radius 1 is 1.17 bits per heavy atom. The second-order valence-corrected chi connectivity index (χ2v) is 6.64. The highest BCUT2D eigenvalue weighted by molar-refractivity contribution is 8.03. The van der Waals surface area contributed by atoms with Crippen molar-refractivity contribution in [1.29, 1.82) is 0 Å². The average molecular weight is 334 g/mol. The van der Waals surface area contributed by atoms with Crippen molar-refractivity contribution in [2.45, 2.75) is 50.3 Å². The highest BCUT2D eigenvalue weighted by Crippen LogP contribution is 2.31. The molecule has 3 N–H and O–H groups in total. The first-order valence-corrected chi connectivity index (χ1v) is 8.87. The largest absolute Gasteiger partial charge is 0.370 e. The highest BCUT2D eigenvalue weighted by atomic mass is 32.2. The summed E-state index contributed by atoms with van der Waals surface area (Å²) in [5, 5.41) is 2.72. The van der Waals surface area contributed by atoms with Crippen molar-refractivity contribution in [2.75, 3.05) is 6.54 Å². The van der Waals surface area contributed by atoms with E-state index in [4.69, 9.17) is 5.73 Å². The van der Waals surface area contributed by atoms with E-state index in [2.05, 4.69) is 18.8 Å². The number of benzene rings is 1. The molecule has 23 heavy (non-hydrogen) atoms. The fourth-order valence-corrected chi connectivity index (χ4v) is 3.07. The fourth-order valence-electron chi connectivity index (χ4n) is 2.09. The Hall–Kier alpha value is -1.75. The summed E-state index contributed by atoms with van der Waals surface area (Å²) in [5.41, 5.74) is 5.68. The van der Waals surface area contributed by atoms with Crippen LogP contribution < -0.4 is 11.1 Å². The topological polar surface area (TPSA) is 72.2 Å². The molecule has 1 aromatic rings. The van der Waals surface area contributed by atoms with Gasteiger partial charge in [-0.1, -0.05) is 56.7 Å². The van der Waals surface area contributed by atoms with Crippen LogP contribution in [-0.2, 0) is 4.79 Å². The van der Waals surface area contributed by atoms with E-state index in [1.165, 1.54) is 19.3 Å². The summed E-state index contributed by atoms with van der Waals surface area (Å²) in [4.78, 5) is 24.9. The van der Waals surface area contributed by atoms with Gasteiger partial charge in [0, 0.05) is 17.9 Å². The van der Waals surface area contributed by atoms with Gasteiger partial charge in [-0.25, -0.2) is 0 Å². The smallest absolute Gasteiger partial charge is 0.252 e. The number of amides is 2. The lowest BCUT2D eigenvalue weighted by molar-refractivity contribution is -0.117. The molecule has 2 amide bonds. The van der Waals surface area contributed by atoms with Crippen LogP contribution in [0.2, 0.25) is 0 Å². The Balaban J connectivity index is 2.57. The average Bonchev–Trinajstić information content (AvgIpc) is 2.51. The number of thioether (sulfide) groups is 1. The van der Waals surface area contributed by atoms with E-state index in [-0.39, 0.29) is 18.9 Å². The molecule has 0 aliphatic rings. The highest BCUT2D eigenvalue weighted by Gasteiger charge is 2.12. The lowest BCUT2D eigenvalue weighted by Crippen LogP contribution is -2.28. The number of rotatable bonds is 11. The van der Waals surface area contributed by atoms with Gasteiger partial charge in [0.1, 0.15) is 0 Å². The summed E-state index contributed by atoms with van der Waals surface area (Å²) < 4.78 is 0. The molecular formula is C18H26N2O2S. The third-order valence-electron chi connectivity index (χ3n) is 3.35. The molecule has 0 saturated carbocycles. The van der Waals surface area contributed by atoms with Gasteiger partial charge in [-0.15, -0.1) is 0 Å². The standard InChI is InChI=1S/C18H26N2O2S/c1-3-4-5-6-9-14(2)23-16-11-8-7-10-15(16)18(22)20-13-12-17(19)21/h7-8,10-11H,2-6,9,12-13H2,1H3,(H2,19,21)(H,20,22). The van der Waals surface area contributed by atoms with Gasteiger partial charge in [-0.2, -0.15) is 0 Å². The van der Waals surface area contributed by atoms with E-state index in [0.717, 1.165) is 22.6 Å². The first-order valence-electron chi connectivity index (χ1n) is 8.05. The van der Waals surface area contributed by atoms with E-state index < -0.39 is 5.91 Å². The maximum Gasteiger partial charge on any atom is 0.252 e. The lowest BCUT2D eigenvalue weighted by atomic mass is 10.1. The molecule has 0 aliphatic heterocycles. The van der Waals surface area contributed by atoms with Gasteiger partial charge >= 0.3 is 0 Å². The molecule has 0 saturated heterocycles. The van der Waals surface area contributed by atoms with E-state index in [9.17, 15) is 9.59 Å². The number of nitrogens with one attached hydrogen (secondary N) is 1. The lowest BCUT2D eigenvalue weighted by Gasteiger charge is -2.11. The summed E-state index contributed by atoms with van der Waals surface area (Å²) in [6, 6.07) is 7.45. The summed E-state index contributed by atoms with van der Waals surface area (Å²) in [5.74, 6) is -0.610. The predicted molar refractivity (Wildman–Crippen MR) is 96.3 cm³/mol. The predicted octanol–water partition coefficient (Wildman–Crippen LogP) is 3.87. The fraction of sp³-hybridized carbons (Fsp3) is 0.444. The number of unbranched alkanes of at least 4 members (excludes halogenated alkanes) is 3. The summed E-state index contributed by atoms with van der Waals surface area (Å²) in [6.07, 6.45) is 5.91. The number of nitrogens with two attached hydrogens (primary N) is 1. The Kier molecular flexibility index (Phi) is 9.14. The van der Waals surface area contributed by atoms with Crippen molar-refractivity contribution in [1.82, 2.24) is 5.32 Å². The Morgan fingerprint density at radius 2 is 1.91 bits per heavy atom. The summed E-state index contributed by atoms with van der Waals surface area (Å²) in [7, 11) is 0. The summed E-state index contributed by atoms with van der Waals surface area (Å²) in [6.45, 7) is 6.55. The van der Waals surface area contributed by atoms with E-state index in [0.29, 0.717) is 5.56 Å². The molecule has 0 radical (unpaired) electrons. The number of carbonyl (C=O) groups is 2. The van der Waals surface area contributed by atoms with Crippen molar-refractivity contribution >= 4 is 23.6 Å². The van der Waals surface area contributed by atoms with Crippen LogP contribution >= 0.6 is 11.8 Å². The summed E-state index contributed by atoms with van der Waals surface area (Å²) >= 11 is 1.55.